The van der Waals surface area contributed by atoms with Gasteiger partial charge in [0.25, 0.3) is 5.91 Å². The summed E-state index contributed by atoms with van der Waals surface area (Å²) >= 11 is 0. The van der Waals surface area contributed by atoms with Gasteiger partial charge in [0.05, 0.1) is 25.2 Å². The van der Waals surface area contributed by atoms with Crippen LogP contribution in [0.3, 0.4) is 0 Å². The van der Waals surface area contributed by atoms with Gasteiger partial charge in [-0.25, -0.2) is 8.42 Å². The molecule has 0 radical (unpaired) electrons. The van der Waals surface area contributed by atoms with Crippen LogP contribution in [-0.2, 0) is 14.8 Å². The Balaban J connectivity index is 1.92. The molecule has 1 aliphatic rings. The zero-order chi connectivity index (χ0) is 21.9. The molecule has 0 spiro atoms. The number of carbonyl (C=O) groups excluding carboxylic acids is 1. The Kier molecular flexibility index (Phi) is 6.29. The van der Waals surface area contributed by atoms with E-state index in [0.29, 0.717) is 0 Å². The maximum absolute atomic E-state index is 13.5. The average Bonchev–Trinajstić information content (AvgIpc) is 2.75. The molecule has 0 unspecified atom stereocenters. The lowest BCUT2D eigenvalue weighted by atomic mass is 10.2. The van der Waals surface area contributed by atoms with Crippen molar-refractivity contribution in [3.8, 4) is 5.75 Å². The smallest absolute Gasteiger partial charge is 0.306 e. The number of sulfonamides is 1. The monoisotopic (exact) mass is 439 g/mol. The van der Waals surface area contributed by atoms with Crippen LogP contribution < -0.4 is 10.1 Å². The first-order valence-corrected chi connectivity index (χ1v) is 10.2. The van der Waals surface area contributed by atoms with Gasteiger partial charge in [0.15, 0.2) is 0 Å². The summed E-state index contributed by atoms with van der Waals surface area (Å²) in [7, 11) is -2.64. The van der Waals surface area contributed by atoms with E-state index in [9.17, 15) is 27.7 Å². The summed E-state index contributed by atoms with van der Waals surface area (Å²) < 4.78 is 51.0. The number of nitrogens with one attached hydrogen (secondary N) is 1. The van der Waals surface area contributed by atoms with Crippen molar-refractivity contribution in [2.75, 3.05) is 38.7 Å². The first-order valence-electron chi connectivity index (χ1n) is 8.75. The van der Waals surface area contributed by atoms with Crippen molar-refractivity contribution in [3.63, 3.8) is 0 Å². The van der Waals surface area contributed by atoms with Gasteiger partial charge in [0.2, 0.25) is 15.8 Å². The van der Waals surface area contributed by atoms with Gasteiger partial charge in [0, 0.05) is 30.4 Å². The molecule has 12 heteroatoms. The quantitative estimate of drug-likeness (QED) is 0.539. The predicted molar refractivity (Wildman–Crippen MR) is 104 cm³/mol. The van der Waals surface area contributed by atoms with Crippen LogP contribution in [-0.4, -0.2) is 57.0 Å². The minimum absolute atomic E-state index is 0.0125. The third kappa shape index (κ3) is 4.40. The second kappa shape index (κ2) is 8.73. The molecule has 1 amide bonds. The molecule has 2 aromatic carbocycles. The number of carbonyl (C=O) groups is 1. The highest BCUT2D eigenvalue weighted by atomic mass is 32.2. The molecule has 2 aromatic rings. The lowest BCUT2D eigenvalue weighted by molar-refractivity contribution is -0.387. The van der Waals surface area contributed by atoms with E-state index >= 15 is 0 Å². The van der Waals surface area contributed by atoms with Crippen molar-refractivity contribution in [1.82, 2.24) is 4.31 Å². The van der Waals surface area contributed by atoms with Crippen molar-refractivity contribution < 1.29 is 32.0 Å². The number of amides is 1. The van der Waals surface area contributed by atoms with Crippen molar-refractivity contribution in [3.05, 3.63) is 57.9 Å². The summed E-state index contributed by atoms with van der Waals surface area (Å²) in [4.78, 5) is 22.4. The number of ether oxygens (including phenoxy) is 2. The van der Waals surface area contributed by atoms with Gasteiger partial charge < -0.3 is 14.8 Å². The lowest BCUT2D eigenvalue weighted by Crippen LogP contribution is -2.40. The van der Waals surface area contributed by atoms with Gasteiger partial charge in [-0.15, -0.1) is 0 Å². The molecule has 10 nitrogen and oxygen atoms in total. The molecule has 160 valence electrons. The van der Waals surface area contributed by atoms with Gasteiger partial charge in [-0.3, -0.25) is 14.9 Å². The summed E-state index contributed by atoms with van der Waals surface area (Å²) in [6.45, 7) is 0.846. The molecule has 0 aromatic heterocycles. The number of nitro benzene ring substituents is 1. The van der Waals surface area contributed by atoms with Crippen LogP contribution in [0.5, 0.6) is 5.75 Å². The number of halogens is 1. The molecule has 0 aliphatic carbocycles. The predicted octanol–water partition coefficient (Wildman–Crippen LogP) is 2.02. The summed E-state index contributed by atoms with van der Waals surface area (Å²) in [6.07, 6.45) is 0. The molecule has 1 N–H and O–H groups in total. The number of benzene rings is 2. The fourth-order valence-electron chi connectivity index (χ4n) is 2.88. The molecule has 0 atom stereocenters. The topological polar surface area (TPSA) is 128 Å². The highest BCUT2D eigenvalue weighted by Crippen LogP contribution is 2.29. The van der Waals surface area contributed by atoms with Crippen LogP contribution in [0.1, 0.15) is 10.4 Å². The lowest BCUT2D eigenvalue weighted by Gasteiger charge is -2.26. The van der Waals surface area contributed by atoms with E-state index in [4.69, 9.17) is 9.47 Å². The van der Waals surface area contributed by atoms with Crippen LogP contribution in [0, 0.1) is 15.9 Å². The highest BCUT2D eigenvalue weighted by molar-refractivity contribution is 7.89. The normalized spacial score (nSPS) is 14.9. The minimum atomic E-state index is -3.95. The van der Waals surface area contributed by atoms with Crippen LogP contribution in [0.15, 0.2) is 41.3 Å². The number of hydrogen-bond acceptors (Lipinski definition) is 7. The van der Waals surface area contributed by atoms with E-state index in [2.05, 4.69) is 5.32 Å². The summed E-state index contributed by atoms with van der Waals surface area (Å²) in [5.41, 5.74) is -0.825. The van der Waals surface area contributed by atoms with E-state index in [1.165, 1.54) is 23.5 Å². The van der Waals surface area contributed by atoms with Crippen LogP contribution >= 0.6 is 0 Å². The van der Waals surface area contributed by atoms with Gasteiger partial charge in [-0.05, 0) is 30.3 Å². The number of hydrogen-bond donors (Lipinski definition) is 1. The summed E-state index contributed by atoms with van der Waals surface area (Å²) in [6, 6.07) is 6.75. The van der Waals surface area contributed by atoms with E-state index in [0.717, 1.165) is 24.3 Å². The summed E-state index contributed by atoms with van der Waals surface area (Å²) in [5.74, 6) is -1.70. The average molecular weight is 439 g/mol. The molecular weight excluding hydrogens is 421 g/mol. The standard InChI is InChI=1S/C18H18FN3O7S/c1-28-16-5-2-12(10-17(16)30(26,27)21-6-8-29-9-7-21)18(23)20-13-3-4-14(19)15(11-13)22(24)25/h2-5,10-11H,6-9H2,1H3,(H,20,23). The number of morpholine rings is 1. The molecular formula is C18H18FN3O7S. The Morgan fingerprint density at radius 3 is 2.57 bits per heavy atom. The number of nitro groups is 1. The Bertz CT molecular complexity index is 1090. The molecule has 30 heavy (non-hydrogen) atoms. The zero-order valence-corrected chi connectivity index (χ0v) is 16.6. The first-order chi connectivity index (χ1) is 14.2. The summed E-state index contributed by atoms with van der Waals surface area (Å²) in [5, 5.41) is 13.3. The fraction of sp³-hybridized carbons (Fsp3) is 0.278. The largest absolute Gasteiger partial charge is 0.495 e. The zero-order valence-electron chi connectivity index (χ0n) is 15.8. The van der Waals surface area contributed by atoms with E-state index in [1.807, 2.05) is 0 Å². The second-order valence-corrected chi connectivity index (χ2v) is 8.17. The molecule has 1 fully saturated rings. The van der Waals surface area contributed by atoms with Crippen LogP contribution in [0.4, 0.5) is 15.8 Å². The third-order valence-electron chi connectivity index (χ3n) is 4.41. The maximum atomic E-state index is 13.5. The van der Waals surface area contributed by atoms with Crippen LogP contribution in [0.2, 0.25) is 0 Å². The second-order valence-electron chi connectivity index (χ2n) is 6.26. The molecule has 1 aliphatic heterocycles. The molecule has 0 saturated carbocycles. The molecule has 0 bridgehead atoms. The Hall–Kier alpha value is -3.09. The van der Waals surface area contributed by atoms with Crippen molar-refractivity contribution in [2.24, 2.45) is 0 Å². The van der Waals surface area contributed by atoms with E-state index < -0.39 is 32.4 Å². The minimum Gasteiger partial charge on any atom is -0.495 e. The van der Waals surface area contributed by atoms with Gasteiger partial charge >= 0.3 is 5.69 Å². The number of rotatable bonds is 6. The highest BCUT2D eigenvalue weighted by Gasteiger charge is 2.30. The fourth-order valence-corrected chi connectivity index (χ4v) is 4.47. The number of methoxy groups -OCH3 is 1. The first kappa shape index (κ1) is 21.6. The Labute approximate surface area is 171 Å². The van der Waals surface area contributed by atoms with Crippen molar-refractivity contribution in [2.45, 2.75) is 4.90 Å². The number of nitrogens with zero attached hydrogens (tertiary/aromatic N) is 2. The number of anilines is 1. The third-order valence-corrected chi connectivity index (χ3v) is 6.33. The van der Waals surface area contributed by atoms with Gasteiger partial charge in [0.1, 0.15) is 10.6 Å². The molecule has 3 rings (SSSR count). The van der Waals surface area contributed by atoms with Crippen LogP contribution in [0.25, 0.3) is 0 Å². The van der Waals surface area contributed by atoms with E-state index in [-0.39, 0.29) is 48.2 Å². The Morgan fingerprint density at radius 1 is 1.23 bits per heavy atom. The van der Waals surface area contributed by atoms with Crippen molar-refractivity contribution >= 4 is 27.3 Å². The molecule has 1 heterocycles. The van der Waals surface area contributed by atoms with Crippen molar-refractivity contribution in [1.29, 1.82) is 0 Å². The molecule has 1 saturated heterocycles. The maximum Gasteiger partial charge on any atom is 0.306 e. The SMILES string of the molecule is COc1ccc(C(=O)Nc2ccc(F)c([N+](=O)[O-])c2)cc1S(=O)(=O)N1CCOCC1. The Morgan fingerprint density at radius 2 is 1.93 bits per heavy atom. The van der Waals surface area contributed by atoms with Gasteiger partial charge in [-0.1, -0.05) is 0 Å². The van der Waals surface area contributed by atoms with E-state index in [1.54, 1.807) is 0 Å². The van der Waals surface area contributed by atoms with Gasteiger partial charge in [-0.2, -0.15) is 8.70 Å².